The maximum atomic E-state index is 5.36. The van der Waals surface area contributed by atoms with Gasteiger partial charge in [-0.3, -0.25) is 0 Å². The molecule has 4 nitrogen and oxygen atoms in total. The van der Waals surface area contributed by atoms with Gasteiger partial charge in [-0.2, -0.15) is 4.98 Å². The highest BCUT2D eigenvalue weighted by atomic mass is 16.5. The third-order valence-electron chi connectivity index (χ3n) is 3.62. The zero-order valence-corrected chi connectivity index (χ0v) is 11.2. The molecule has 1 fully saturated rings. The van der Waals surface area contributed by atoms with Crippen molar-refractivity contribution in [2.75, 3.05) is 13.1 Å². The third-order valence-corrected chi connectivity index (χ3v) is 3.62. The van der Waals surface area contributed by atoms with Crippen LogP contribution in [-0.2, 0) is 6.42 Å². The Morgan fingerprint density at radius 2 is 2.16 bits per heavy atom. The molecule has 1 aliphatic heterocycles. The first-order chi connectivity index (χ1) is 9.31. The lowest BCUT2D eigenvalue weighted by Crippen LogP contribution is -2.28. The summed E-state index contributed by atoms with van der Waals surface area (Å²) in [7, 11) is 0. The summed E-state index contributed by atoms with van der Waals surface area (Å²) >= 11 is 0. The van der Waals surface area contributed by atoms with E-state index in [-0.39, 0.29) is 0 Å². The molecular weight excluding hydrogens is 238 g/mol. The van der Waals surface area contributed by atoms with E-state index < -0.39 is 0 Å². The average molecular weight is 257 g/mol. The molecule has 0 saturated carbocycles. The van der Waals surface area contributed by atoms with Gasteiger partial charge < -0.3 is 9.84 Å². The first kappa shape index (κ1) is 12.4. The van der Waals surface area contributed by atoms with Crippen LogP contribution in [0.3, 0.4) is 0 Å². The highest BCUT2D eigenvalue weighted by Crippen LogP contribution is 2.21. The number of rotatable bonds is 3. The van der Waals surface area contributed by atoms with Crippen molar-refractivity contribution in [2.24, 2.45) is 0 Å². The molecule has 0 aliphatic carbocycles. The summed E-state index contributed by atoms with van der Waals surface area (Å²) in [6, 6.07) is 8.44. The summed E-state index contributed by atoms with van der Waals surface area (Å²) in [5.41, 5.74) is 2.48. The van der Waals surface area contributed by atoms with Crippen molar-refractivity contribution in [2.45, 2.75) is 32.1 Å². The van der Waals surface area contributed by atoms with Crippen molar-refractivity contribution in [3.8, 4) is 0 Å². The van der Waals surface area contributed by atoms with Crippen molar-refractivity contribution < 1.29 is 4.52 Å². The van der Waals surface area contributed by atoms with E-state index in [0.29, 0.717) is 18.2 Å². The fourth-order valence-corrected chi connectivity index (χ4v) is 2.46. The second kappa shape index (κ2) is 5.53. The van der Waals surface area contributed by atoms with E-state index in [1.165, 1.54) is 17.5 Å². The van der Waals surface area contributed by atoms with Crippen LogP contribution in [0.4, 0.5) is 0 Å². The first-order valence-electron chi connectivity index (χ1n) is 6.90. The number of nitrogens with zero attached hydrogens (tertiary/aromatic N) is 2. The molecule has 2 heterocycles. The van der Waals surface area contributed by atoms with E-state index in [0.717, 1.165) is 25.3 Å². The molecule has 1 saturated heterocycles. The van der Waals surface area contributed by atoms with Gasteiger partial charge in [0, 0.05) is 12.5 Å². The first-order valence-corrected chi connectivity index (χ1v) is 6.90. The Balaban J connectivity index is 1.68. The van der Waals surface area contributed by atoms with Crippen LogP contribution in [0.15, 0.2) is 28.8 Å². The fraction of sp³-hybridized carbons (Fsp3) is 0.467. The lowest BCUT2D eigenvalue weighted by molar-refractivity contribution is 0.366. The van der Waals surface area contributed by atoms with Gasteiger partial charge in [0.15, 0.2) is 5.82 Å². The molecule has 0 bridgehead atoms. The van der Waals surface area contributed by atoms with E-state index in [4.69, 9.17) is 4.52 Å². The molecular formula is C15H19N3O. The molecule has 1 unspecified atom stereocenters. The highest BCUT2D eigenvalue weighted by Gasteiger charge is 2.20. The SMILES string of the molecule is Cc1ccc(Cc2nc(C3CCCNC3)no2)cc1. The van der Waals surface area contributed by atoms with Crippen LogP contribution < -0.4 is 5.32 Å². The third kappa shape index (κ3) is 3.01. The Hall–Kier alpha value is -1.68. The quantitative estimate of drug-likeness (QED) is 0.917. The van der Waals surface area contributed by atoms with Gasteiger partial charge in [0.05, 0.1) is 6.42 Å². The lowest BCUT2D eigenvalue weighted by atomic mass is 9.99. The van der Waals surface area contributed by atoms with E-state index in [1.54, 1.807) is 0 Å². The highest BCUT2D eigenvalue weighted by molar-refractivity contribution is 5.23. The van der Waals surface area contributed by atoms with Crippen molar-refractivity contribution in [1.29, 1.82) is 0 Å². The molecule has 2 aromatic rings. The van der Waals surface area contributed by atoms with Crippen LogP contribution >= 0.6 is 0 Å². The van der Waals surface area contributed by atoms with Crippen LogP contribution in [0.25, 0.3) is 0 Å². The van der Waals surface area contributed by atoms with E-state index in [1.807, 2.05) is 0 Å². The van der Waals surface area contributed by atoms with Gasteiger partial charge >= 0.3 is 0 Å². The van der Waals surface area contributed by atoms with Gasteiger partial charge in [0.25, 0.3) is 0 Å². The van der Waals surface area contributed by atoms with Gasteiger partial charge in [-0.25, -0.2) is 0 Å². The van der Waals surface area contributed by atoms with Gasteiger partial charge in [0.2, 0.25) is 5.89 Å². The van der Waals surface area contributed by atoms with Crippen LogP contribution in [0.1, 0.15) is 41.6 Å². The Kier molecular flexibility index (Phi) is 3.60. The molecule has 3 rings (SSSR count). The zero-order chi connectivity index (χ0) is 13.1. The van der Waals surface area contributed by atoms with Crippen molar-refractivity contribution in [3.63, 3.8) is 0 Å². The smallest absolute Gasteiger partial charge is 0.231 e. The molecule has 0 amide bonds. The topological polar surface area (TPSA) is 51.0 Å². The minimum atomic E-state index is 0.407. The number of benzene rings is 1. The van der Waals surface area contributed by atoms with E-state index >= 15 is 0 Å². The van der Waals surface area contributed by atoms with Crippen LogP contribution in [0.2, 0.25) is 0 Å². The summed E-state index contributed by atoms with van der Waals surface area (Å²) in [5.74, 6) is 1.98. The number of hydrogen-bond donors (Lipinski definition) is 1. The fourth-order valence-electron chi connectivity index (χ4n) is 2.46. The van der Waals surface area contributed by atoms with Crippen molar-refractivity contribution >= 4 is 0 Å². The van der Waals surface area contributed by atoms with Gasteiger partial charge in [-0.1, -0.05) is 35.0 Å². The van der Waals surface area contributed by atoms with Crippen LogP contribution in [0, 0.1) is 6.92 Å². The number of piperidine rings is 1. The predicted molar refractivity (Wildman–Crippen MR) is 73.1 cm³/mol. The summed E-state index contributed by atoms with van der Waals surface area (Å²) in [6.45, 7) is 4.15. The molecule has 4 heteroatoms. The summed E-state index contributed by atoms with van der Waals surface area (Å²) in [6.07, 6.45) is 3.05. The molecule has 0 spiro atoms. The minimum Gasteiger partial charge on any atom is -0.339 e. The molecule has 100 valence electrons. The Morgan fingerprint density at radius 1 is 1.32 bits per heavy atom. The number of aryl methyl sites for hydroxylation is 1. The standard InChI is InChI=1S/C15H19N3O/c1-11-4-6-12(7-5-11)9-14-17-15(18-19-14)13-3-2-8-16-10-13/h4-7,13,16H,2-3,8-10H2,1H3. The summed E-state index contributed by atoms with van der Waals surface area (Å²) in [5, 5.41) is 7.50. The maximum absolute atomic E-state index is 5.36. The maximum Gasteiger partial charge on any atom is 0.231 e. The molecule has 1 aromatic carbocycles. The number of aromatic nitrogens is 2. The lowest BCUT2D eigenvalue weighted by Gasteiger charge is -2.19. The molecule has 1 atom stereocenters. The van der Waals surface area contributed by atoms with Gasteiger partial charge in [-0.15, -0.1) is 0 Å². The van der Waals surface area contributed by atoms with Crippen LogP contribution in [-0.4, -0.2) is 23.2 Å². The molecule has 1 aromatic heterocycles. The van der Waals surface area contributed by atoms with Crippen LogP contribution in [0.5, 0.6) is 0 Å². The van der Waals surface area contributed by atoms with Gasteiger partial charge in [-0.05, 0) is 31.9 Å². The number of nitrogens with one attached hydrogen (secondary N) is 1. The second-order valence-electron chi connectivity index (χ2n) is 5.25. The second-order valence-corrected chi connectivity index (χ2v) is 5.25. The van der Waals surface area contributed by atoms with Crippen molar-refractivity contribution in [1.82, 2.24) is 15.5 Å². The van der Waals surface area contributed by atoms with Gasteiger partial charge in [0.1, 0.15) is 0 Å². The summed E-state index contributed by atoms with van der Waals surface area (Å²) in [4.78, 5) is 4.53. The van der Waals surface area contributed by atoms with E-state index in [9.17, 15) is 0 Å². The average Bonchev–Trinajstić information content (AvgIpc) is 2.91. The molecule has 19 heavy (non-hydrogen) atoms. The zero-order valence-electron chi connectivity index (χ0n) is 11.2. The Bertz CT molecular complexity index is 527. The van der Waals surface area contributed by atoms with E-state index in [2.05, 4.69) is 46.6 Å². The monoisotopic (exact) mass is 257 g/mol. The predicted octanol–water partition coefficient (Wildman–Crippen LogP) is 2.44. The molecule has 1 N–H and O–H groups in total. The minimum absolute atomic E-state index is 0.407. The largest absolute Gasteiger partial charge is 0.339 e. The van der Waals surface area contributed by atoms with Crippen molar-refractivity contribution in [3.05, 3.63) is 47.1 Å². The molecule has 0 radical (unpaired) electrons. The Labute approximate surface area is 113 Å². The molecule has 1 aliphatic rings. The number of hydrogen-bond acceptors (Lipinski definition) is 4. The normalized spacial score (nSPS) is 19.5. The summed E-state index contributed by atoms with van der Waals surface area (Å²) < 4.78 is 5.36. The Morgan fingerprint density at radius 3 is 2.89 bits per heavy atom.